The van der Waals surface area contributed by atoms with E-state index in [1.165, 1.54) is 0 Å². The lowest BCUT2D eigenvalue weighted by Crippen LogP contribution is -1.95. The van der Waals surface area contributed by atoms with E-state index in [2.05, 4.69) is 17.6 Å². The average Bonchev–Trinajstić information content (AvgIpc) is 2.20. The molecule has 0 aliphatic rings. The molecule has 0 unspecified atom stereocenters. The number of nitrogens with zero attached hydrogens (tertiary/aromatic N) is 2. The largest absolute Gasteiger partial charge is 0.336 e. The maximum atomic E-state index is 5.76. The third kappa shape index (κ3) is 1.47. The normalized spacial score (nSPS) is 10.3. The molecular formula is C6H9ClN2S. The molecule has 56 valence electrons. The summed E-state index contributed by atoms with van der Waals surface area (Å²) in [5.74, 6) is 0.805. The molecular weight excluding hydrogens is 168 g/mol. The Morgan fingerprint density at radius 1 is 1.80 bits per heavy atom. The summed E-state index contributed by atoms with van der Waals surface area (Å²) in [6.45, 7) is 0. The van der Waals surface area contributed by atoms with Crippen LogP contribution in [0.3, 0.4) is 0 Å². The van der Waals surface area contributed by atoms with Gasteiger partial charge in [0.1, 0.15) is 5.15 Å². The van der Waals surface area contributed by atoms with Gasteiger partial charge in [0.25, 0.3) is 0 Å². The molecule has 1 aromatic heterocycles. The molecule has 1 aromatic rings. The lowest BCUT2D eigenvalue weighted by atomic mass is 10.4. The summed E-state index contributed by atoms with van der Waals surface area (Å²) in [5, 5.41) is 0.594. The van der Waals surface area contributed by atoms with Crippen molar-refractivity contribution >= 4 is 24.2 Å². The fourth-order valence-electron chi connectivity index (χ4n) is 0.812. The molecule has 10 heavy (non-hydrogen) atoms. The molecule has 0 amide bonds. The second-order valence-corrected chi connectivity index (χ2v) is 2.87. The number of imidazole rings is 1. The summed E-state index contributed by atoms with van der Waals surface area (Å²) in [6.07, 6.45) is 2.58. The van der Waals surface area contributed by atoms with Crippen LogP contribution in [0.15, 0.2) is 6.33 Å². The minimum Gasteiger partial charge on any atom is -0.336 e. The predicted octanol–water partition coefficient (Wildman–Crippen LogP) is 1.55. The zero-order valence-electron chi connectivity index (χ0n) is 5.71. The van der Waals surface area contributed by atoms with E-state index in [-0.39, 0.29) is 0 Å². The van der Waals surface area contributed by atoms with Crippen LogP contribution in [0.1, 0.15) is 5.69 Å². The molecule has 1 rings (SSSR count). The number of hydrogen-bond donors (Lipinski definition) is 1. The zero-order valence-corrected chi connectivity index (χ0v) is 7.36. The summed E-state index contributed by atoms with van der Waals surface area (Å²) in [6, 6.07) is 0. The molecule has 0 radical (unpaired) electrons. The van der Waals surface area contributed by atoms with E-state index in [0.29, 0.717) is 5.15 Å². The summed E-state index contributed by atoms with van der Waals surface area (Å²) in [4.78, 5) is 3.93. The van der Waals surface area contributed by atoms with Crippen LogP contribution >= 0.6 is 24.2 Å². The highest BCUT2D eigenvalue weighted by Gasteiger charge is 2.03. The van der Waals surface area contributed by atoms with E-state index in [1.54, 1.807) is 6.33 Å². The van der Waals surface area contributed by atoms with E-state index in [4.69, 9.17) is 11.6 Å². The molecule has 0 aliphatic heterocycles. The van der Waals surface area contributed by atoms with Crippen LogP contribution in [-0.2, 0) is 13.5 Å². The van der Waals surface area contributed by atoms with Crippen LogP contribution < -0.4 is 0 Å². The molecule has 0 bridgehead atoms. The number of halogens is 1. The lowest BCUT2D eigenvalue weighted by molar-refractivity contribution is 0.837. The Balaban J connectivity index is 2.87. The standard InChI is InChI=1S/C6H9ClN2S/c1-9-4-8-6(7)5(9)2-3-10/h4,10H,2-3H2,1H3. The highest BCUT2D eigenvalue weighted by atomic mass is 35.5. The van der Waals surface area contributed by atoms with Gasteiger partial charge in [-0.1, -0.05) is 11.6 Å². The van der Waals surface area contributed by atoms with Gasteiger partial charge in [0.2, 0.25) is 0 Å². The number of hydrogen-bond acceptors (Lipinski definition) is 2. The second kappa shape index (κ2) is 3.30. The van der Waals surface area contributed by atoms with Gasteiger partial charge in [-0.15, -0.1) is 0 Å². The number of thiol groups is 1. The van der Waals surface area contributed by atoms with Gasteiger partial charge in [-0.25, -0.2) is 4.98 Å². The smallest absolute Gasteiger partial charge is 0.150 e. The van der Waals surface area contributed by atoms with Crippen molar-refractivity contribution in [3.05, 3.63) is 17.2 Å². The molecule has 0 fully saturated rings. The van der Waals surface area contributed by atoms with E-state index in [1.807, 2.05) is 11.6 Å². The van der Waals surface area contributed by atoms with Gasteiger partial charge in [-0.05, 0) is 12.2 Å². The Labute approximate surface area is 70.6 Å². The van der Waals surface area contributed by atoms with Gasteiger partial charge >= 0.3 is 0 Å². The van der Waals surface area contributed by atoms with Gasteiger partial charge in [-0.3, -0.25) is 0 Å². The van der Waals surface area contributed by atoms with Crippen molar-refractivity contribution in [3.63, 3.8) is 0 Å². The Morgan fingerprint density at radius 3 is 2.90 bits per heavy atom. The Hall–Kier alpha value is -0.150. The molecule has 0 N–H and O–H groups in total. The first kappa shape index (κ1) is 7.95. The van der Waals surface area contributed by atoms with E-state index in [9.17, 15) is 0 Å². The minimum atomic E-state index is 0.594. The van der Waals surface area contributed by atoms with Crippen molar-refractivity contribution in [2.24, 2.45) is 7.05 Å². The minimum absolute atomic E-state index is 0.594. The summed E-state index contributed by atoms with van der Waals surface area (Å²) < 4.78 is 1.92. The van der Waals surface area contributed by atoms with E-state index in [0.717, 1.165) is 17.9 Å². The van der Waals surface area contributed by atoms with Crippen LogP contribution in [-0.4, -0.2) is 15.3 Å². The SMILES string of the molecule is Cn1cnc(Cl)c1CCS. The van der Waals surface area contributed by atoms with Crippen molar-refractivity contribution in [1.29, 1.82) is 0 Å². The molecule has 2 nitrogen and oxygen atoms in total. The summed E-state index contributed by atoms with van der Waals surface area (Å²) in [7, 11) is 1.93. The van der Waals surface area contributed by atoms with Crippen molar-refractivity contribution in [2.45, 2.75) is 6.42 Å². The Bertz CT molecular complexity index is 202. The van der Waals surface area contributed by atoms with Crippen molar-refractivity contribution in [1.82, 2.24) is 9.55 Å². The van der Waals surface area contributed by atoms with E-state index < -0.39 is 0 Å². The molecule has 0 spiro atoms. The van der Waals surface area contributed by atoms with Crippen LogP contribution in [0.4, 0.5) is 0 Å². The molecule has 4 heteroatoms. The highest BCUT2D eigenvalue weighted by molar-refractivity contribution is 7.80. The number of rotatable bonds is 2. The van der Waals surface area contributed by atoms with Crippen LogP contribution in [0.5, 0.6) is 0 Å². The van der Waals surface area contributed by atoms with Crippen LogP contribution in [0, 0.1) is 0 Å². The van der Waals surface area contributed by atoms with Crippen molar-refractivity contribution < 1.29 is 0 Å². The van der Waals surface area contributed by atoms with Crippen LogP contribution in [0.2, 0.25) is 5.15 Å². The molecule has 0 aliphatic carbocycles. The lowest BCUT2D eigenvalue weighted by Gasteiger charge is -1.97. The van der Waals surface area contributed by atoms with Gasteiger partial charge in [0.15, 0.2) is 0 Å². The first-order valence-corrected chi connectivity index (χ1v) is 4.03. The van der Waals surface area contributed by atoms with Crippen molar-refractivity contribution in [2.75, 3.05) is 5.75 Å². The first-order chi connectivity index (χ1) is 4.75. The quantitative estimate of drug-likeness (QED) is 0.677. The fourth-order valence-corrected chi connectivity index (χ4v) is 1.30. The number of aromatic nitrogens is 2. The van der Waals surface area contributed by atoms with Gasteiger partial charge < -0.3 is 4.57 Å². The fraction of sp³-hybridized carbons (Fsp3) is 0.500. The third-order valence-electron chi connectivity index (χ3n) is 1.36. The summed E-state index contributed by atoms with van der Waals surface area (Å²) in [5.41, 5.74) is 1.05. The van der Waals surface area contributed by atoms with Gasteiger partial charge in [0.05, 0.1) is 12.0 Å². The Morgan fingerprint density at radius 2 is 2.50 bits per heavy atom. The maximum absolute atomic E-state index is 5.76. The van der Waals surface area contributed by atoms with Gasteiger partial charge in [0, 0.05) is 7.05 Å². The first-order valence-electron chi connectivity index (χ1n) is 3.02. The van der Waals surface area contributed by atoms with Crippen LogP contribution in [0.25, 0.3) is 0 Å². The molecule has 0 aromatic carbocycles. The van der Waals surface area contributed by atoms with Gasteiger partial charge in [-0.2, -0.15) is 12.6 Å². The summed E-state index contributed by atoms with van der Waals surface area (Å²) >= 11 is 9.86. The molecule has 0 saturated heterocycles. The van der Waals surface area contributed by atoms with E-state index >= 15 is 0 Å². The van der Waals surface area contributed by atoms with Crippen molar-refractivity contribution in [3.8, 4) is 0 Å². The topological polar surface area (TPSA) is 17.8 Å². The average molecular weight is 177 g/mol. The third-order valence-corrected chi connectivity index (χ3v) is 1.90. The monoisotopic (exact) mass is 176 g/mol. The predicted molar refractivity (Wildman–Crippen MR) is 45.8 cm³/mol. The zero-order chi connectivity index (χ0) is 7.56. The highest BCUT2D eigenvalue weighted by Crippen LogP contribution is 2.12. The Kier molecular flexibility index (Phi) is 2.63. The number of aryl methyl sites for hydroxylation is 1. The maximum Gasteiger partial charge on any atom is 0.150 e. The second-order valence-electron chi connectivity index (χ2n) is 2.07. The molecule has 0 saturated carbocycles. The molecule has 0 atom stereocenters. The molecule has 1 heterocycles.